The molecule has 1 unspecified atom stereocenters. The summed E-state index contributed by atoms with van der Waals surface area (Å²) in [7, 11) is 0. The van der Waals surface area contributed by atoms with Crippen molar-refractivity contribution >= 4 is 17.4 Å². The highest BCUT2D eigenvalue weighted by Crippen LogP contribution is 2.29. The van der Waals surface area contributed by atoms with E-state index in [2.05, 4.69) is 35.6 Å². The zero-order valence-corrected chi connectivity index (χ0v) is 12.4. The van der Waals surface area contributed by atoms with Crippen molar-refractivity contribution in [2.24, 2.45) is 0 Å². The molecule has 0 radical (unpaired) electrons. The van der Waals surface area contributed by atoms with E-state index >= 15 is 0 Å². The van der Waals surface area contributed by atoms with Gasteiger partial charge in [-0.25, -0.2) is 9.97 Å². The molecular weight excluding hydrogens is 250 g/mol. The lowest BCUT2D eigenvalue weighted by Gasteiger charge is -2.42. The van der Waals surface area contributed by atoms with Crippen LogP contribution in [0.2, 0.25) is 5.15 Å². The van der Waals surface area contributed by atoms with Gasteiger partial charge in [0.15, 0.2) is 0 Å². The average molecular weight is 270 g/mol. The van der Waals surface area contributed by atoms with Gasteiger partial charge >= 0.3 is 0 Å². The van der Waals surface area contributed by atoms with E-state index in [1.807, 2.05) is 13.8 Å². The number of aromatic nitrogens is 2. The van der Waals surface area contributed by atoms with Crippen LogP contribution in [0.5, 0.6) is 0 Å². The Labute approximate surface area is 113 Å². The van der Waals surface area contributed by atoms with E-state index < -0.39 is 0 Å². The third-order valence-electron chi connectivity index (χ3n) is 3.04. The Balaban J connectivity index is 2.36. The third kappa shape index (κ3) is 2.75. The largest absolute Gasteiger partial charge is 0.369 e. The molecule has 100 valence electrons. The minimum Gasteiger partial charge on any atom is -0.369 e. The van der Waals surface area contributed by atoms with E-state index in [4.69, 9.17) is 16.3 Å². The highest BCUT2D eigenvalue weighted by molar-refractivity contribution is 6.30. The summed E-state index contributed by atoms with van der Waals surface area (Å²) in [6, 6.07) is 0. The quantitative estimate of drug-likeness (QED) is 0.735. The average Bonchev–Trinajstić information content (AvgIpc) is 2.20. The van der Waals surface area contributed by atoms with Gasteiger partial charge in [-0.05, 0) is 34.6 Å². The molecule has 2 rings (SSSR count). The number of halogens is 1. The summed E-state index contributed by atoms with van der Waals surface area (Å²) in [5.74, 6) is 1.63. The van der Waals surface area contributed by atoms with Crippen LogP contribution in [0.25, 0.3) is 0 Å². The van der Waals surface area contributed by atoms with Crippen LogP contribution in [-0.4, -0.2) is 34.8 Å². The Hall–Kier alpha value is -0.870. The molecule has 2 heterocycles. The molecule has 0 amide bonds. The molecule has 1 aliphatic heterocycles. The molecule has 0 bridgehead atoms. The van der Waals surface area contributed by atoms with Crippen molar-refractivity contribution in [3.05, 3.63) is 16.5 Å². The zero-order valence-electron chi connectivity index (χ0n) is 11.6. The van der Waals surface area contributed by atoms with Crippen LogP contribution in [-0.2, 0) is 4.74 Å². The van der Waals surface area contributed by atoms with E-state index in [-0.39, 0.29) is 11.7 Å². The van der Waals surface area contributed by atoms with Crippen molar-refractivity contribution in [1.29, 1.82) is 0 Å². The lowest BCUT2D eigenvalue weighted by molar-refractivity contribution is -0.0752. The van der Waals surface area contributed by atoms with E-state index in [1.165, 1.54) is 0 Å². The lowest BCUT2D eigenvalue weighted by atomic mass is 10.1. The SMILES string of the molecule is Cc1nc(Cl)c(C)c(N2CC(C)OC(C)(C)C2)n1. The van der Waals surface area contributed by atoms with Gasteiger partial charge in [0.2, 0.25) is 0 Å². The van der Waals surface area contributed by atoms with Crippen LogP contribution in [0.1, 0.15) is 32.2 Å². The van der Waals surface area contributed by atoms with Crippen LogP contribution < -0.4 is 4.90 Å². The lowest BCUT2D eigenvalue weighted by Crippen LogP contribution is -2.52. The first-order chi connectivity index (χ1) is 8.28. The molecule has 0 spiro atoms. The number of anilines is 1. The van der Waals surface area contributed by atoms with Crippen molar-refractivity contribution in [1.82, 2.24) is 9.97 Å². The molecule has 0 aromatic carbocycles. The molecule has 0 N–H and O–H groups in total. The molecule has 4 nitrogen and oxygen atoms in total. The number of hydrogen-bond acceptors (Lipinski definition) is 4. The standard InChI is InChI=1S/C13H20ClN3O/c1-8-6-17(7-13(4,5)18-8)12-9(2)11(14)15-10(3)16-12/h8H,6-7H2,1-5H3. The van der Waals surface area contributed by atoms with E-state index in [1.54, 1.807) is 0 Å². The van der Waals surface area contributed by atoms with Gasteiger partial charge in [0.25, 0.3) is 0 Å². The monoisotopic (exact) mass is 269 g/mol. The molecule has 1 aromatic heterocycles. The molecule has 1 aromatic rings. The summed E-state index contributed by atoms with van der Waals surface area (Å²) in [6.45, 7) is 11.7. The topological polar surface area (TPSA) is 38.2 Å². The fraction of sp³-hybridized carbons (Fsp3) is 0.692. The predicted molar refractivity (Wildman–Crippen MR) is 73.4 cm³/mol. The summed E-state index contributed by atoms with van der Waals surface area (Å²) >= 11 is 6.14. The number of hydrogen-bond donors (Lipinski definition) is 0. The van der Waals surface area contributed by atoms with E-state index in [9.17, 15) is 0 Å². The Kier molecular flexibility index (Phi) is 3.52. The molecular formula is C13H20ClN3O. The normalized spacial score (nSPS) is 23.2. The zero-order chi connectivity index (χ0) is 13.5. The first kappa shape index (κ1) is 13.6. The van der Waals surface area contributed by atoms with Crippen molar-refractivity contribution < 1.29 is 4.74 Å². The van der Waals surface area contributed by atoms with Crippen LogP contribution in [0.15, 0.2) is 0 Å². The molecule has 1 fully saturated rings. The summed E-state index contributed by atoms with van der Waals surface area (Å²) in [5, 5.41) is 0.537. The maximum absolute atomic E-state index is 6.14. The Bertz CT molecular complexity index is 462. The number of rotatable bonds is 1. The van der Waals surface area contributed by atoms with Gasteiger partial charge in [-0.15, -0.1) is 0 Å². The minimum atomic E-state index is -0.171. The first-order valence-electron chi connectivity index (χ1n) is 6.22. The van der Waals surface area contributed by atoms with Gasteiger partial charge in [-0.3, -0.25) is 0 Å². The van der Waals surface area contributed by atoms with Crippen molar-refractivity contribution in [3.8, 4) is 0 Å². The minimum absolute atomic E-state index is 0.171. The number of nitrogens with zero attached hydrogens (tertiary/aromatic N) is 3. The Morgan fingerprint density at radius 3 is 2.61 bits per heavy atom. The Morgan fingerprint density at radius 2 is 2.00 bits per heavy atom. The summed E-state index contributed by atoms with van der Waals surface area (Å²) < 4.78 is 5.91. The fourth-order valence-electron chi connectivity index (χ4n) is 2.50. The second-order valence-electron chi connectivity index (χ2n) is 5.58. The molecule has 18 heavy (non-hydrogen) atoms. The van der Waals surface area contributed by atoms with Gasteiger partial charge in [-0.1, -0.05) is 11.6 Å². The maximum atomic E-state index is 6.14. The van der Waals surface area contributed by atoms with E-state index in [0.29, 0.717) is 11.0 Å². The molecule has 0 aliphatic carbocycles. The first-order valence-corrected chi connectivity index (χ1v) is 6.60. The maximum Gasteiger partial charge on any atom is 0.137 e. The van der Waals surface area contributed by atoms with Crippen LogP contribution in [0.3, 0.4) is 0 Å². The molecule has 1 saturated heterocycles. The van der Waals surface area contributed by atoms with Gasteiger partial charge in [0, 0.05) is 18.7 Å². The highest BCUT2D eigenvalue weighted by Gasteiger charge is 2.32. The molecule has 1 atom stereocenters. The second kappa shape index (κ2) is 4.67. The molecule has 1 aliphatic rings. The second-order valence-corrected chi connectivity index (χ2v) is 5.94. The fourth-order valence-corrected chi connectivity index (χ4v) is 2.71. The Morgan fingerprint density at radius 1 is 1.33 bits per heavy atom. The third-order valence-corrected chi connectivity index (χ3v) is 3.41. The van der Waals surface area contributed by atoms with Crippen molar-refractivity contribution in [2.75, 3.05) is 18.0 Å². The molecule has 5 heteroatoms. The van der Waals surface area contributed by atoms with Crippen LogP contribution in [0.4, 0.5) is 5.82 Å². The number of morpholine rings is 1. The summed E-state index contributed by atoms with van der Waals surface area (Å²) in [5.41, 5.74) is 0.766. The van der Waals surface area contributed by atoms with Crippen molar-refractivity contribution in [3.63, 3.8) is 0 Å². The predicted octanol–water partition coefficient (Wildman–Crippen LogP) is 2.75. The van der Waals surface area contributed by atoms with Gasteiger partial charge < -0.3 is 9.64 Å². The molecule has 0 saturated carbocycles. The summed E-state index contributed by atoms with van der Waals surface area (Å²) in [6.07, 6.45) is 0.183. The highest BCUT2D eigenvalue weighted by atomic mass is 35.5. The number of ether oxygens (including phenoxy) is 1. The van der Waals surface area contributed by atoms with Gasteiger partial charge in [0.1, 0.15) is 16.8 Å². The van der Waals surface area contributed by atoms with Gasteiger partial charge in [-0.2, -0.15) is 0 Å². The van der Waals surface area contributed by atoms with Gasteiger partial charge in [0.05, 0.1) is 11.7 Å². The van der Waals surface area contributed by atoms with Crippen molar-refractivity contribution in [2.45, 2.75) is 46.3 Å². The van der Waals surface area contributed by atoms with Crippen LogP contribution >= 0.6 is 11.6 Å². The van der Waals surface area contributed by atoms with Crippen LogP contribution in [0, 0.1) is 13.8 Å². The van der Waals surface area contributed by atoms with E-state index in [0.717, 1.165) is 24.5 Å². The smallest absolute Gasteiger partial charge is 0.137 e. The number of aryl methyl sites for hydroxylation is 1. The summed E-state index contributed by atoms with van der Waals surface area (Å²) in [4.78, 5) is 11.0.